The molecule has 2 bridgehead atoms. The first-order valence-electron chi connectivity index (χ1n) is 7.21. The van der Waals surface area contributed by atoms with Crippen molar-refractivity contribution in [2.75, 3.05) is 4.90 Å². The van der Waals surface area contributed by atoms with E-state index in [0.29, 0.717) is 11.4 Å². The zero-order valence-electron chi connectivity index (χ0n) is 12.0. The summed E-state index contributed by atoms with van der Waals surface area (Å²) >= 11 is 5.94. The molecule has 22 heavy (non-hydrogen) atoms. The highest BCUT2D eigenvalue weighted by atomic mass is 35.5. The lowest BCUT2D eigenvalue weighted by molar-refractivity contribution is 0.0379. The molecular weight excluding hydrogens is 300 g/mol. The van der Waals surface area contributed by atoms with E-state index in [9.17, 15) is 4.79 Å². The van der Waals surface area contributed by atoms with Gasteiger partial charge in [-0.1, -0.05) is 29.8 Å². The Balaban J connectivity index is 1.80. The van der Waals surface area contributed by atoms with E-state index in [-0.39, 0.29) is 12.1 Å². The Kier molecular flexibility index (Phi) is 2.84. The summed E-state index contributed by atoms with van der Waals surface area (Å²) in [6.45, 7) is 1.95. The molecule has 0 spiro atoms. The van der Waals surface area contributed by atoms with E-state index in [2.05, 4.69) is 5.32 Å². The minimum Gasteiger partial charge on any atom is -0.467 e. The van der Waals surface area contributed by atoms with Gasteiger partial charge in [-0.3, -0.25) is 4.90 Å². The number of anilines is 1. The van der Waals surface area contributed by atoms with E-state index >= 15 is 0 Å². The number of benzene rings is 2. The van der Waals surface area contributed by atoms with Crippen LogP contribution in [0.15, 0.2) is 48.5 Å². The van der Waals surface area contributed by atoms with Crippen LogP contribution in [0.5, 0.6) is 5.75 Å². The number of nitrogens with zero attached hydrogens (tertiary/aromatic N) is 1. The number of amides is 2. The van der Waals surface area contributed by atoms with E-state index < -0.39 is 5.72 Å². The molecule has 2 aromatic carbocycles. The number of carbonyl (C=O) groups is 1. The molecule has 0 aliphatic carbocycles. The highest BCUT2D eigenvalue weighted by Gasteiger charge is 2.49. The van der Waals surface area contributed by atoms with E-state index in [1.807, 2.05) is 43.3 Å². The Morgan fingerprint density at radius 3 is 2.73 bits per heavy atom. The van der Waals surface area contributed by atoms with Crippen LogP contribution in [-0.4, -0.2) is 11.8 Å². The molecular formula is C17H15ClN2O2. The van der Waals surface area contributed by atoms with Gasteiger partial charge in [-0.15, -0.1) is 0 Å². The van der Waals surface area contributed by atoms with Crippen LogP contribution < -0.4 is 15.0 Å². The van der Waals surface area contributed by atoms with Crippen molar-refractivity contribution in [1.29, 1.82) is 0 Å². The topological polar surface area (TPSA) is 41.6 Å². The molecule has 0 radical (unpaired) electrons. The van der Waals surface area contributed by atoms with Gasteiger partial charge in [0.2, 0.25) is 0 Å². The Hall–Kier alpha value is -2.20. The third-order valence-electron chi connectivity index (χ3n) is 4.27. The van der Waals surface area contributed by atoms with Crippen LogP contribution in [0.4, 0.5) is 10.5 Å². The van der Waals surface area contributed by atoms with Gasteiger partial charge in [-0.25, -0.2) is 4.79 Å². The molecule has 1 fully saturated rings. The van der Waals surface area contributed by atoms with E-state index in [4.69, 9.17) is 16.3 Å². The molecule has 2 aromatic rings. The van der Waals surface area contributed by atoms with Gasteiger partial charge in [0.1, 0.15) is 5.75 Å². The Labute approximate surface area is 133 Å². The van der Waals surface area contributed by atoms with Crippen molar-refractivity contribution in [2.24, 2.45) is 0 Å². The number of halogens is 1. The first kappa shape index (κ1) is 13.5. The largest absolute Gasteiger partial charge is 0.467 e. The lowest BCUT2D eigenvalue weighted by Crippen LogP contribution is -2.65. The molecule has 2 heterocycles. The highest BCUT2D eigenvalue weighted by Crippen LogP contribution is 2.45. The average Bonchev–Trinajstić information content (AvgIpc) is 2.48. The maximum Gasteiger partial charge on any atom is 0.325 e. The molecule has 4 nitrogen and oxygen atoms in total. The predicted molar refractivity (Wildman–Crippen MR) is 85.3 cm³/mol. The molecule has 2 aliphatic heterocycles. The lowest BCUT2D eigenvalue weighted by atomic mass is 9.90. The standard InChI is InChI=1S/C17H15ClN2O2/c1-17-10-14(13-4-2-3-5-15(13)22-17)19-16(21)20(17)12-8-6-11(18)7-9-12/h2-9,14H,10H2,1H3,(H,19,21). The molecule has 0 saturated carbocycles. The van der Waals surface area contributed by atoms with Crippen LogP contribution in [-0.2, 0) is 0 Å². The van der Waals surface area contributed by atoms with Gasteiger partial charge >= 0.3 is 6.03 Å². The number of hydrogen-bond donors (Lipinski definition) is 1. The number of fused-ring (bicyclic) bond motifs is 4. The summed E-state index contributed by atoms with van der Waals surface area (Å²) < 4.78 is 6.19. The maximum absolute atomic E-state index is 12.6. The second-order valence-corrected chi connectivity index (χ2v) is 6.27. The number of nitrogens with one attached hydrogen (secondary N) is 1. The fraction of sp³-hybridized carbons (Fsp3) is 0.235. The number of urea groups is 1. The van der Waals surface area contributed by atoms with Crippen LogP contribution in [0.1, 0.15) is 24.9 Å². The Morgan fingerprint density at radius 2 is 1.95 bits per heavy atom. The van der Waals surface area contributed by atoms with Crippen LogP contribution >= 0.6 is 11.6 Å². The van der Waals surface area contributed by atoms with Crippen molar-refractivity contribution in [1.82, 2.24) is 5.32 Å². The second kappa shape index (κ2) is 4.65. The molecule has 4 rings (SSSR count). The minimum absolute atomic E-state index is 0.0222. The SMILES string of the molecule is CC12CC(NC(=O)N1c1ccc(Cl)cc1)c1ccccc1O2. The van der Waals surface area contributed by atoms with E-state index in [0.717, 1.165) is 17.0 Å². The van der Waals surface area contributed by atoms with Gasteiger partial charge in [-0.2, -0.15) is 0 Å². The number of carbonyl (C=O) groups excluding carboxylic acids is 1. The van der Waals surface area contributed by atoms with Crippen LogP contribution in [0.3, 0.4) is 0 Å². The summed E-state index contributed by atoms with van der Waals surface area (Å²) in [4.78, 5) is 14.3. The number of para-hydroxylation sites is 1. The number of hydrogen-bond acceptors (Lipinski definition) is 2. The van der Waals surface area contributed by atoms with Crippen molar-refractivity contribution < 1.29 is 9.53 Å². The first-order valence-corrected chi connectivity index (χ1v) is 7.59. The summed E-state index contributed by atoms with van der Waals surface area (Å²) in [6, 6.07) is 14.9. The van der Waals surface area contributed by atoms with Gasteiger partial charge in [0.15, 0.2) is 5.72 Å². The summed E-state index contributed by atoms with van der Waals surface area (Å²) in [5, 5.41) is 3.70. The van der Waals surface area contributed by atoms with Crippen molar-refractivity contribution in [3.05, 3.63) is 59.1 Å². The third kappa shape index (κ3) is 1.95. The molecule has 2 aliphatic rings. The van der Waals surface area contributed by atoms with Crippen molar-refractivity contribution in [3.8, 4) is 5.75 Å². The summed E-state index contributed by atoms with van der Waals surface area (Å²) in [5.41, 5.74) is 1.08. The summed E-state index contributed by atoms with van der Waals surface area (Å²) in [7, 11) is 0. The summed E-state index contributed by atoms with van der Waals surface area (Å²) in [6.07, 6.45) is 0.693. The van der Waals surface area contributed by atoms with Gasteiger partial charge in [0, 0.05) is 22.7 Å². The zero-order valence-corrected chi connectivity index (χ0v) is 12.8. The van der Waals surface area contributed by atoms with Gasteiger partial charge in [0.25, 0.3) is 0 Å². The molecule has 2 unspecified atom stereocenters. The van der Waals surface area contributed by atoms with Crippen molar-refractivity contribution in [2.45, 2.75) is 25.1 Å². The Bertz CT molecular complexity index is 747. The average molecular weight is 315 g/mol. The van der Waals surface area contributed by atoms with Gasteiger partial charge in [-0.05, 0) is 37.3 Å². The Morgan fingerprint density at radius 1 is 1.23 bits per heavy atom. The molecule has 1 N–H and O–H groups in total. The van der Waals surface area contributed by atoms with Gasteiger partial charge < -0.3 is 10.1 Å². The zero-order chi connectivity index (χ0) is 15.3. The molecule has 2 atom stereocenters. The van der Waals surface area contributed by atoms with Crippen LogP contribution in [0.25, 0.3) is 0 Å². The van der Waals surface area contributed by atoms with Gasteiger partial charge in [0.05, 0.1) is 6.04 Å². The molecule has 112 valence electrons. The molecule has 2 amide bonds. The smallest absolute Gasteiger partial charge is 0.325 e. The van der Waals surface area contributed by atoms with Crippen LogP contribution in [0, 0.1) is 0 Å². The maximum atomic E-state index is 12.6. The number of rotatable bonds is 1. The molecule has 0 aromatic heterocycles. The normalized spacial score (nSPS) is 26.0. The van der Waals surface area contributed by atoms with E-state index in [1.165, 1.54) is 0 Å². The quantitative estimate of drug-likeness (QED) is 0.860. The van der Waals surface area contributed by atoms with E-state index in [1.54, 1.807) is 17.0 Å². The second-order valence-electron chi connectivity index (χ2n) is 5.83. The highest BCUT2D eigenvalue weighted by molar-refractivity contribution is 6.30. The third-order valence-corrected chi connectivity index (χ3v) is 4.52. The lowest BCUT2D eigenvalue weighted by Gasteiger charge is -2.50. The van der Waals surface area contributed by atoms with Crippen molar-refractivity contribution >= 4 is 23.3 Å². The molecule has 1 saturated heterocycles. The predicted octanol–water partition coefficient (Wildman–Crippen LogP) is 4.11. The van der Waals surface area contributed by atoms with Crippen molar-refractivity contribution in [3.63, 3.8) is 0 Å². The first-order chi connectivity index (χ1) is 10.6. The fourth-order valence-corrected chi connectivity index (χ4v) is 3.43. The van der Waals surface area contributed by atoms with Crippen LogP contribution in [0.2, 0.25) is 5.02 Å². The fourth-order valence-electron chi connectivity index (χ4n) is 3.30. The monoisotopic (exact) mass is 314 g/mol. The summed E-state index contributed by atoms with van der Waals surface area (Å²) in [5.74, 6) is 0.820. The number of ether oxygens (including phenoxy) is 1. The minimum atomic E-state index is -0.713. The molecule has 5 heteroatoms.